The number of carbonyl (C=O) groups excluding carboxylic acids is 1. The molecule has 262 valence electrons. The smallest absolute Gasteiger partial charge is 0.475 e. The van der Waals surface area contributed by atoms with Gasteiger partial charge in [0.15, 0.2) is 0 Å². The largest absolute Gasteiger partial charge is 0.494 e. The second-order valence-electron chi connectivity index (χ2n) is 12.4. The van der Waals surface area contributed by atoms with Gasteiger partial charge in [-0.15, -0.1) is 0 Å². The number of aryl methyl sites for hydroxylation is 2. The first-order chi connectivity index (χ1) is 25.3. The second kappa shape index (κ2) is 15.4. The van der Waals surface area contributed by atoms with E-state index in [1.165, 1.54) is 0 Å². The Morgan fingerprint density at radius 3 is 2.06 bits per heavy atom. The third-order valence-corrected chi connectivity index (χ3v) is 10.1. The lowest BCUT2D eigenvalue weighted by Crippen LogP contribution is -2.19. The van der Waals surface area contributed by atoms with E-state index in [1.807, 2.05) is 117 Å². The molecule has 0 fully saturated rings. The van der Waals surface area contributed by atoms with E-state index in [0.717, 1.165) is 33.5 Å². The maximum absolute atomic E-state index is 14.7. The lowest BCUT2D eigenvalue weighted by molar-refractivity contribution is 0.0927. The first-order valence-electron chi connectivity index (χ1n) is 16.9. The number of hydrogen-bond donors (Lipinski definition) is 1. The highest BCUT2D eigenvalue weighted by molar-refractivity contribution is 7.48. The molecule has 52 heavy (non-hydrogen) atoms. The molecular formula is C42H38N3O6P. The molecule has 3 heterocycles. The fourth-order valence-corrected chi connectivity index (χ4v) is 7.24. The lowest BCUT2D eigenvalue weighted by Gasteiger charge is -2.19. The number of nitrogens with zero attached hydrogens (tertiary/aromatic N) is 2. The average Bonchev–Trinajstić information content (AvgIpc) is 3.87. The molecule has 4 aromatic carbocycles. The van der Waals surface area contributed by atoms with Crippen molar-refractivity contribution in [3.05, 3.63) is 184 Å². The summed E-state index contributed by atoms with van der Waals surface area (Å²) in [6, 6.07) is 37.6. The third-order valence-electron chi connectivity index (χ3n) is 8.72. The van der Waals surface area contributed by atoms with Crippen LogP contribution in [0.15, 0.2) is 144 Å². The number of aromatic nitrogens is 2. The molecule has 0 saturated carbocycles. The van der Waals surface area contributed by atoms with Gasteiger partial charge in [0.1, 0.15) is 11.5 Å². The van der Waals surface area contributed by atoms with Crippen LogP contribution in [0, 0.1) is 13.8 Å². The monoisotopic (exact) mass is 711 g/mol. The summed E-state index contributed by atoms with van der Waals surface area (Å²) in [6.07, 6.45) is 3.79. The Balaban J connectivity index is 1.21. The summed E-state index contributed by atoms with van der Waals surface area (Å²) >= 11 is 0. The maximum Gasteiger partial charge on any atom is 0.475 e. The van der Waals surface area contributed by atoms with Crippen LogP contribution in [0.3, 0.4) is 0 Å². The number of phosphoric acid groups is 1. The van der Waals surface area contributed by atoms with E-state index >= 15 is 0 Å². The number of ether oxygens (including phenoxy) is 1. The molecule has 0 radical (unpaired) electrons. The highest BCUT2D eigenvalue weighted by Gasteiger charge is 2.30. The Hall–Kier alpha value is -5.57. The Labute approximate surface area is 302 Å². The number of aromatic amines is 1. The third kappa shape index (κ3) is 7.68. The molecular weight excluding hydrogens is 673 g/mol. The summed E-state index contributed by atoms with van der Waals surface area (Å²) in [5, 5.41) is 0.871. The molecule has 0 atom stereocenters. The minimum absolute atomic E-state index is 0.0186. The number of phosphoric ester groups is 1. The minimum atomic E-state index is -4.11. The quantitative estimate of drug-likeness (QED) is 0.120. The van der Waals surface area contributed by atoms with E-state index in [1.54, 1.807) is 35.9 Å². The number of benzene rings is 4. The van der Waals surface area contributed by atoms with Gasteiger partial charge in [0, 0.05) is 28.4 Å². The van der Waals surface area contributed by atoms with Gasteiger partial charge in [-0.3, -0.25) is 22.9 Å². The average molecular weight is 712 g/mol. The molecule has 0 amide bonds. The summed E-state index contributed by atoms with van der Waals surface area (Å²) in [4.78, 5) is 23.0. The van der Waals surface area contributed by atoms with Gasteiger partial charge >= 0.3 is 7.82 Å². The fourth-order valence-electron chi connectivity index (χ4n) is 6.10. The van der Waals surface area contributed by atoms with E-state index in [0.29, 0.717) is 39.5 Å². The molecule has 1 aliphatic rings. The maximum atomic E-state index is 14.7. The molecule has 0 saturated heterocycles. The molecule has 1 N–H and O–H groups in total. The number of methoxy groups -OCH3 is 1. The number of rotatable bonds is 13. The van der Waals surface area contributed by atoms with Crippen molar-refractivity contribution in [2.75, 3.05) is 7.11 Å². The standard InChI is InChI=1S/C42H38N3O6P/c1-29-22-30(2)43-36(29)24-38-41(48-3)25-37(44-38)40-23-33-18-11-13-21-39(33)45(40)42(46)35-20-12-10-19-34(35)28-51-52(47,49-26-31-14-6-4-7-15-31)50-27-32-16-8-5-9-17-32/h4-25,43H,26-28H2,1-3H3. The van der Waals surface area contributed by atoms with Gasteiger partial charge in [0.05, 0.1) is 43.9 Å². The molecule has 7 rings (SSSR count). The second-order valence-corrected chi connectivity index (χ2v) is 14.1. The number of H-pyrrole nitrogens is 1. The molecule has 2 aromatic heterocycles. The van der Waals surface area contributed by atoms with Crippen LogP contribution >= 0.6 is 7.82 Å². The van der Waals surface area contributed by atoms with Crippen LogP contribution in [-0.4, -0.2) is 28.3 Å². The number of aliphatic imine (C=N–C) groups is 1. The highest BCUT2D eigenvalue weighted by atomic mass is 31.2. The van der Waals surface area contributed by atoms with E-state index in [-0.39, 0.29) is 25.7 Å². The van der Waals surface area contributed by atoms with Crippen LogP contribution in [-0.2, 0) is 42.7 Å². The molecule has 9 nitrogen and oxygen atoms in total. The SMILES string of the molecule is COC1=CC(c2cc3ccccc3n2C(=O)c2ccccc2COP(=O)(OCc2ccccc2)OCc2ccccc2)=NC1=Cc1[nH]c(C)cc1C. The fraction of sp³-hybridized carbons (Fsp3) is 0.143. The number of fused-ring (bicyclic) bond motifs is 1. The highest BCUT2D eigenvalue weighted by Crippen LogP contribution is 2.52. The summed E-state index contributed by atoms with van der Waals surface area (Å²) in [7, 11) is -2.50. The molecule has 0 spiro atoms. The van der Waals surface area contributed by atoms with Gasteiger partial charge in [-0.1, -0.05) is 97.1 Å². The topological polar surface area (TPSA) is 104 Å². The number of para-hydroxylation sites is 1. The molecule has 0 bridgehead atoms. The van der Waals surface area contributed by atoms with Crippen molar-refractivity contribution < 1.29 is 27.7 Å². The van der Waals surface area contributed by atoms with Crippen LogP contribution in [0.1, 0.15) is 49.7 Å². The molecule has 6 aromatic rings. The van der Waals surface area contributed by atoms with Gasteiger partial charge in [-0.05, 0) is 66.4 Å². The van der Waals surface area contributed by atoms with Crippen molar-refractivity contribution in [3.8, 4) is 0 Å². The van der Waals surface area contributed by atoms with Gasteiger partial charge in [0.25, 0.3) is 5.91 Å². The van der Waals surface area contributed by atoms with Gasteiger partial charge in [-0.25, -0.2) is 9.56 Å². The predicted octanol–water partition coefficient (Wildman–Crippen LogP) is 9.71. The van der Waals surface area contributed by atoms with E-state index in [4.69, 9.17) is 23.3 Å². The van der Waals surface area contributed by atoms with E-state index in [2.05, 4.69) is 11.1 Å². The first-order valence-corrected chi connectivity index (χ1v) is 18.3. The normalized spacial score (nSPS) is 13.8. The van der Waals surface area contributed by atoms with E-state index in [9.17, 15) is 9.36 Å². The number of allylic oxidation sites excluding steroid dienone is 1. The molecule has 10 heteroatoms. The van der Waals surface area contributed by atoms with Gasteiger partial charge < -0.3 is 9.72 Å². The summed E-state index contributed by atoms with van der Waals surface area (Å²) in [5.41, 5.74) is 8.11. The van der Waals surface area contributed by atoms with Crippen LogP contribution in [0.25, 0.3) is 17.0 Å². The van der Waals surface area contributed by atoms with Crippen molar-refractivity contribution in [3.63, 3.8) is 0 Å². The first kappa shape index (κ1) is 34.9. The summed E-state index contributed by atoms with van der Waals surface area (Å²) in [6.45, 7) is 3.88. The summed E-state index contributed by atoms with van der Waals surface area (Å²) in [5.74, 6) is 0.283. The van der Waals surface area contributed by atoms with Crippen molar-refractivity contribution in [1.82, 2.24) is 9.55 Å². The number of carbonyl (C=O) groups is 1. The zero-order chi connectivity index (χ0) is 36.1. The molecule has 1 aliphatic heterocycles. The van der Waals surface area contributed by atoms with E-state index < -0.39 is 7.82 Å². The van der Waals surface area contributed by atoms with Crippen LogP contribution in [0.5, 0.6) is 0 Å². The molecule has 0 unspecified atom stereocenters. The predicted molar refractivity (Wildman–Crippen MR) is 203 cm³/mol. The number of hydrogen-bond acceptors (Lipinski definition) is 7. The Kier molecular flexibility index (Phi) is 10.3. The minimum Gasteiger partial charge on any atom is -0.494 e. The molecule has 0 aliphatic carbocycles. The van der Waals surface area contributed by atoms with Crippen LogP contribution in [0.2, 0.25) is 0 Å². The zero-order valence-corrected chi connectivity index (χ0v) is 30.0. The van der Waals surface area contributed by atoms with Crippen molar-refractivity contribution >= 4 is 36.4 Å². The lowest BCUT2D eigenvalue weighted by atomic mass is 10.1. The van der Waals surface area contributed by atoms with Crippen LogP contribution < -0.4 is 0 Å². The van der Waals surface area contributed by atoms with Crippen molar-refractivity contribution in [1.29, 1.82) is 0 Å². The van der Waals surface area contributed by atoms with Gasteiger partial charge in [0.2, 0.25) is 0 Å². The summed E-state index contributed by atoms with van der Waals surface area (Å²) < 4.78 is 39.1. The van der Waals surface area contributed by atoms with Crippen molar-refractivity contribution in [2.24, 2.45) is 4.99 Å². The van der Waals surface area contributed by atoms with Gasteiger partial charge in [-0.2, -0.15) is 0 Å². The number of nitrogens with one attached hydrogen (secondary N) is 1. The Bertz CT molecular complexity index is 2330. The van der Waals surface area contributed by atoms with Crippen LogP contribution in [0.4, 0.5) is 0 Å². The van der Waals surface area contributed by atoms with Crippen molar-refractivity contribution in [2.45, 2.75) is 33.7 Å². The Morgan fingerprint density at radius 2 is 1.40 bits per heavy atom. The Morgan fingerprint density at radius 1 is 0.788 bits per heavy atom. The zero-order valence-electron chi connectivity index (χ0n) is 29.1.